The van der Waals surface area contributed by atoms with Crippen LogP contribution in [0.3, 0.4) is 0 Å². The minimum Gasteiger partial charge on any atom is -0.469 e. The van der Waals surface area contributed by atoms with E-state index in [1.54, 1.807) is 0 Å². The molecule has 0 aliphatic carbocycles. The Morgan fingerprint density at radius 2 is 1.44 bits per heavy atom. The Balaban J connectivity index is 2.13. The van der Waals surface area contributed by atoms with Gasteiger partial charge in [0.1, 0.15) is 13.9 Å². The Morgan fingerprint density at radius 1 is 0.875 bits per heavy atom. The molecule has 1 nitrogen and oxygen atoms in total. The van der Waals surface area contributed by atoms with E-state index in [0.29, 0.717) is 0 Å². The van der Waals surface area contributed by atoms with Gasteiger partial charge in [-0.1, -0.05) is 55.5 Å². The van der Waals surface area contributed by atoms with E-state index < -0.39 is 8.15 Å². The summed E-state index contributed by atoms with van der Waals surface area (Å²) < 4.78 is 6.01. The van der Waals surface area contributed by atoms with Gasteiger partial charge in [0, 0.05) is 11.5 Å². The maximum atomic E-state index is 6.01. The van der Waals surface area contributed by atoms with Gasteiger partial charge in [-0.3, -0.25) is 0 Å². The average molecular weight is 230 g/mol. The molecule has 2 aromatic carbocycles. The molecule has 0 aliphatic heterocycles. The molecule has 0 saturated carbocycles. The molecule has 0 aromatic heterocycles. The van der Waals surface area contributed by atoms with Crippen molar-refractivity contribution >= 4 is 13.5 Å². The lowest BCUT2D eigenvalue weighted by molar-refractivity contribution is 0.622. The van der Waals surface area contributed by atoms with E-state index >= 15 is 0 Å². The van der Waals surface area contributed by atoms with Crippen molar-refractivity contribution in [3.8, 4) is 5.75 Å². The maximum absolute atomic E-state index is 6.01. The van der Waals surface area contributed by atoms with Gasteiger partial charge in [0.05, 0.1) is 0 Å². The molecule has 0 aliphatic rings. The van der Waals surface area contributed by atoms with Crippen LogP contribution in [0.2, 0.25) is 0 Å². The Hall–Kier alpha value is -1.33. The van der Waals surface area contributed by atoms with Crippen LogP contribution in [0.25, 0.3) is 0 Å². The molecule has 0 saturated heterocycles. The predicted molar refractivity (Wildman–Crippen MR) is 70.6 cm³/mol. The zero-order valence-electron chi connectivity index (χ0n) is 9.34. The van der Waals surface area contributed by atoms with Crippen molar-refractivity contribution in [3.05, 3.63) is 60.7 Å². The number of hydrogen-bond acceptors (Lipinski definition) is 1. The van der Waals surface area contributed by atoms with Gasteiger partial charge in [-0.2, -0.15) is 0 Å². The van der Waals surface area contributed by atoms with Crippen LogP contribution >= 0.6 is 8.15 Å². The molecule has 1 atom stereocenters. The molecule has 2 aromatic rings. The van der Waals surface area contributed by atoms with Crippen LogP contribution in [0.5, 0.6) is 5.75 Å². The summed E-state index contributed by atoms with van der Waals surface area (Å²) in [4.78, 5) is 0. The first kappa shape index (κ1) is 11.2. The van der Waals surface area contributed by atoms with Gasteiger partial charge in [-0.15, -0.1) is 0 Å². The SMILES string of the molecule is CCP(Oc1ccccc1)c1ccccc1. The van der Waals surface area contributed by atoms with Crippen LogP contribution in [0.1, 0.15) is 6.92 Å². The monoisotopic (exact) mass is 230 g/mol. The normalized spacial score (nSPS) is 12.1. The first-order valence-electron chi connectivity index (χ1n) is 5.46. The third-order valence-corrected chi connectivity index (χ3v) is 4.17. The lowest BCUT2D eigenvalue weighted by Crippen LogP contribution is -2.06. The molecule has 0 amide bonds. The fourth-order valence-electron chi connectivity index (χ4n) is 1.50. The summed E-state index contributed by atoms with van der Waals surface area (Å²) in [5, 5.41) is 1.30. The lowest BCUT2D eigenvalue weighted by Gasteiger charge is -2.17. The van der Waals surface area contributed by atoms with Crippen LogP contribution in [-0.4, -0.2) is 6.16 Å². The Bertz CT molecular complexity index is 413. The zero-order chi connectivity index (χ0) is 11.2. The first-order chi connectivity index (χ1) is 7.90. The molecular weight excluding hydrogens is 215 g/mol. The molecule has 16 heavy (non-hydrogen) atoms. The Morgan fingerprint density at radius 3 is 2.00 bits per heavy atom. The second-order valence-corrected chi connectivity index (χ2v) is 5.52. The van der Waals surface area contributed by atoms with E-state index in [0.717, 1.165) is 11.9 Å². The first-order valence-corrected chi connectivity index (χ1v) is 6.90. The fourth-order valence-corrected chi connectivity index (χ4v) is 2.98. The highest BCUT2D eigenvalue weighted by Crippen LogP contribution is 2.36. The van der Waals surface area contributed by atoms with Crippen LogP contribution in [0.4, 0.5) is 0 Å². The van der Waals surface area contributed by atoms with Crippen LogP contribution in [0.15, 0.2) is 60.7 Å². The third-order valence-electron chi connectivity index (χ3n) is 2.29. The summed E-state index contributed by atoms with van der Waals surface area (Å²) in [6, 6.07) is 20.5. The largest absolute Gasteiger partial charge is 0.469 e. The van der Waals surface area contributed by atoms with Gasteiger partial charge < -0.3 is 4.52 Å². The molecule has 2 heteroatoms. The molecule has 0 spiro atoms. The summed E-state index contributed by atoms with van der Waals surface area (Å²) in [7, 11) is -0.530. The number of rotatable bonds is 4. The van der Waals surface area contributed by atoms with E-state index in [4.69, 9.17) is 4.52 Å². The smallest absolute Gasteiger partial charge is 0.123 e. The van der Waals surface area contributed by atoms with Crippen molar-refractivity contribution in [2.45, 2.75) is 6.92 Å². The Labute approximate surface area is 97.9 Å². The molecule has 82 valence electrons. The highest BCUT2D eigenvalue weighted by Gasteiger charge is 2.10. The minimum absolute atomic E-state index is 0.530. The van der Waals surface area contributed by atoms with E-state index in [1.807, 2.05) is 36.4 Å². The molecule has 2 rings (SSSR count). The summed E-state index contributed by atoms with van der Waals surface area (Å²) in [6.45, 7) is 2.17. The van der Waals surface area contributed by atoms with E-state index in [1.165, 1.54) is 5.30 Å². The maximum Gasteiger partial charge on any atom is 0.123 e. The van der Waals surface area contributed by atoms with Gasteiger partial charge in [0.25, 0.3) is 0 Å². The topological polar surface area (TPSA) is 9.23 Å². The third kappa shape index (κ3) is 2.84. The summed E-state index contributed by atoms with van der Waals surface area (Å²) in [6.07, 6.45) is 1.04. The zero-order valence-corrected chi connectivity index (χ0v) is 10.2. The van der Waals surface area contributed by atoms with E-state index in [-0.39, 0.29) is 0 Å². The van der Waals surface area contributed by atoms with Crippen molar-refractivity contribution in [2.24, 2.45) is 0 Å². The summed E-state index contributed by atoms with van der Waals surface area (Å²) >= 11 is 0. The molecule has 0 radical (unpaired) electrons. The molecule has 0 heterocycles. The van der Waals surface area contributed by atoms with Crippen molar-refractivity contribution < 1.29 is 4.52 Å². The molecule has 0 fully saturated rings. The highest BCUT2D eigenvalue weighted by molar-refractivity contribution is 7.61. The molecule has 0 N–H and O–H groups in total. The average Bonchev–Trinajstić information content (AvgIpc) is 2.38. The van der Waals surface area contributed by atoms with Crippen molar-refractivity contribution in [2.75, 3.05) is 6.16 Å². The van der Waals surface area contributed by atoms with E-state index in [2.05, 4.69) is 31.2 Å². The second kappa shape index (κ2) is 5.67. The van der Waals surface area contributed by atoms with Crippen molar-refractivity contribution in [1.29, 1.82) is 0 Å². The van der Waals surface area contributed by atoms with Gasteiger partial charge >= 0.3 is 0 Å². The lowest BCUT2D eigenvalue weighted by atomic mass is 10.3. The second-order valence-electron chi connectivity index (χ2n) is 3.43. The number of para-hydroxylation sites is 1. The molecule has 0 bridgehead atoms. The number of benzene rings is 2. The minimum atomic E-state index is -0.530. The van der Waals surface area contributed by atoms with Gasteiger partial charge in [-0.05, 0) is 12.1 Å². The molecular formula is C14H15OP. The molecule has 1 unspecified atom stereocenters. The standard InChI is InChI=1S/C14H15OP/c1-2-16(14-11-7-4-8-12-14)15-13-9-5-3-6-10-13/h3-12H,2H2,1H3. The number of hydrogen-bond donors (Lipinski definition) is 0. The summed E-state index contributed by atoms with van der Waals surface area (Å²) in [5.74, 6) is 0.958. The summed E-state index contributed by atoms with van der Waals surface area (Å²) in [5.41, 5.74) is 0. The van der Waals surface area contributed by atoms with Crippen LogP contribution in [-0.2, 0) is 0 Å². The van der Waals surface area contributed by atoms with Gasteiger partial charge in [0.15, 0.2) is 0 Å². The van der Waals surface area contributed by atoms with Gasteiger partial charge in [-0.25, -0.2) is 0 Å². The predicted octanol–water partition coefficient (Wildman–Crippen LogP) is 3.81. The van der Waals surface area contributed by atoms with Crippen LogP contribution in [0, 0.1) is 0 Å². The van der Waals surface area contributed by atoms with Crippen molar-refractivity contribution in [1.82, 2.24) is 0 Å². The van der Waals surface area contributed by atoms with Crippen molar-refractivity contribution in [3.63, 3.8) is 0 Å². The highest BCUT2D eigenvalue weighted by atomic mass is 31.1. The van der Waals surface area contributed by atoms with Gasteiger partial charge in [0.2, 0.25) is 0 Å². The quantitative estimate of drug-likeness (QED) is 0.726. The Kier molecular flexibility index (Phi) is 3.96. The fraction of sp³-hybridized carbons (Fsp3) is 0.143. The van der Waals surface area contributed by atoms with Crippen LogP contribution < -0.4 is 9.83 Å². The van der Waals surface area contributed by atoms with E-state index in [9.17, 15) is 0 Å².